The molecule has 0 aliphatic carbocycles. The molecule has 1 fully saturated rings. The van der Waals surface area contributed by atoms with E-state index in [4.69, 9.17) is 9.47 Å². The number of ether oxygens (including phenoxy) is 2. The van der Waals surface area contributed by atoms with Crippen molar-refractivity contribution in [2.24, 2.45) is 0 Å². The Kier molecular flexibility index (Phi) is 7.14. The van der Waals surface area contributed by atoms with E-state index < -0.39 is 0 Å². The summed E-state index contributed by atoms with van der Waals surface area (Å²) in [7, 11) is 3.17. The summed E-state index contributed by atoms with van der Waals surface area (Å²) >= 11 is 1.54. The Morgan fingerprint density at radius 3 is 2.61 bits per heavy atom. The Bertz CT molecular complexity index is 1090. The zero-order chi connectivity index (χ0) is 23.4. The first-order valence-corrected chi connectivity index (χ1v) is 12.2. The molecule has 0 aromatic heterocycles. The molecule has 2 aliphatic heterocycles. The van der Waals surface area contributed by atoms with Gasteiger partial charge in [-0.3, -0.25) is 9.69 Å². The number of benzene rings is 2. The van der Waals surface area contributed by atoms with Crippen molar-refractivity contribution in [2.45, 2.75) is 38.5 Å². The van der Waals surface area contributed by atoms with Gasteiger partial charge in [-0.1, -0.05) is 49.4 Å². The standard InChI is InChI=1S/C26H29N3O3S/c1-4-5-7-18-10-12-19(13-11-18)28-16-29-24(30)14-21(22(15-27)26(29)33-17-28)20-8-6-9-23(31-2)25(20)32-3/h6,8-13,21H,4-5,7,14,16-17H2,1-3H3/t21-/m0/s1. The summed E-state index contributed by atoms with van der Waals surface area (Å²) in [4.78, 5) is 17.2. The Morgan fingerprint density at radius 2 is 1.94 bits per heavy atom. The van der Waals surface area contributed by atoms with Crippen LogP contribution in [0.15, 0.2) is 53.1 Å². The van der Waals surface area contributed by atoms with Crippen molar-refractivity contribution in [1.29, 1.82) is 5.26 Å². The molecule has 4 rings (SSSR count). The van der Waals surface area contributed by atoms with Gasteiger partial charge in [0.25, 0.3) is 0 Å². The van der Waals surface area contributed by atoms with Gasteiger partial charge in [0.1, 0.15) is 0 Å². The quantitative estimate of drug-likeness (QED) is 0.558. The van der Waals surface area contributed by atoms with Crippen molar-refractivity contribution in [2.75, 3.05) is 31.7 Å². The molecule has 2 aromatic rings. The van der Waals surface area contributed by atoms with Gasteiger partial charge in [0.15, 0.2) is 11.5 Å². The van der Waals surface area contributed by atoms with E-state index in [1.54, 1.807) is 30.9 Å². The topological polar surface area (TPSA) is 65.8 Å². The van der Waals surface area contributed by atoms with Gasteiger partial charge in [0.05, 0.1) is 43.4 Å². The van der Waals surface area contributed by atoms with Gasteiger partial charge in [-0.25, -0.2) is 0 Å². The van der Waals surface area contributed by atoms with Gasteiger partial charge in [-0.05, 0) is 36.6 Å². The van der Waals surface area contributed by atoms with Gasteiger partial charge < -0.3 is 14.4 Å². The van der Waals surface area contributed by atoms with Crippen molar-refractivity contribution >= 4 is 23.4 Å². The molecule has 2 heterocycles. The van der Waals surface area contributed by atoms with Crippen molar-refractivity contribution in [3.8, 4) is 17.6 Å². The lowest BCUT2D eigenvalue weighted by molar-refractivity contribution is -0.129. The van der Waals surface area contributed by atoms with E-state index in [2.05, 4.69) is 42.2 Å². The summed E-state index contributed by atoms with van der Waals surface area (Å²) in [6, 6.07) is 16.6. The highest BCUT2D eigenvalue weighted by atomic mass is 32.2. The van der Waals surface area contributed by atoms with Crippen molar-refractivity contribution in [3.05, 3.63) is 64.2 Å². The third kappa shape index (κ3) is 4.53. The van der Waals surface area contributed by atoms with Gasteiger partial charge in [0.2, 0.25) is 5.91 Å². The van der Waals surface area contributed by atoms with Gasteiger partial charge in [0, 0.05) is 23.6 Å². The molecule has 0 bridgehead atoms. The molecule has 1 atom stereocenters. The number of carbonyl (C=O) groups is 1. The summed E-state index contributed by atoms with van der Waals surface area (Å²) < 4.78 is 11.0. The lowest BCUT2D eigenvalue weighted by Crippen LogP contribution is -2.47. The number of rotatable bonds is 7. The number of allylic oxidation sites excluding steroid dienone is 1. The number of para-hydroxylation sites is 1. The van der Waals surface area contributed by atoms with E-state index in [0.29, 0.717) is 29.6 Å². The molecule has 2 aliphatic rings. The van der Waals surface area contributed by atoms with Crippen LogP contribution in [0.25, 0.3) is 0 Å². The first kappa shape index (κ1) is 23.1. The average Bonchev–Trinajstić information content (AvgIpc) is 2.87. The number of unbranched alkanes of at least 4 members (excludes halogenated alkanes) is 1. The number of hydrogen-bond donors (Lipinski definition) is 0. The molecule has 0 N–H and O–H groups in total. The number of methoxy groups -OCH3 is 2. The SMILES string of the molecule is CCCCc1ccc(N2CSC3=C(C#N)[C@H](c4cccc(OC)c4OC)CC(=O)N3C2)cc1. The zero-order valence-corrected chi connectivity index (χ0v) is 20.2. The molecule has 1 saturated heterocycles. The van der Waals surface area contributed by atoms with E-state index in [-0.39, 0.29) is 18.2 Å². The number of hydrogen-bond acceptors (Lipinski definition) is 6. The number of aryl methyl sites for hydroxylation is 1. The maximum atomic E-state index is 13.2. The first-order chi connectivity index (χ1) is 16.1. The monoisotopic (exact) mass is 463 g/mol. The predicted molar refractivity (Wildman–Crippen MR) is 131 cm³/mol. The number of amides is 1. The highest BCUT2D eigenvalue weighted by Crippen LogP contribution is 2.47. The number of anilines is 1. The van der Waals surface area contributed by atoms with Crippen LogP contribution in [0.1, 0.15) is 43.2 Å². The largest absolute Gasteiger partial charge is 0.493 e. The molecule has 2 aromatic carbocycles. The van der Waals surface area contributed by atoms with Crippen molar-refractivity contribution < 1.29 is 14.3 Å². The summed E-state index contributed by atoms with van der Waals surface area (Å²) in [5, 5.41) is 10.8. The minimum absolute atomic E-state index is 0.00985. The van der Waals surface area contributed by atoms with Crippen LogP contribution >= 0.6 is 11.8 Å². The third-order valence-electron chi connectivity index (χ3n) is 6.22. The van der Waals surface area contributed by atoms with Crippen LogP contribution in [0, 0.1) is 11.3 Å². The fraction of sp³-hybridized carbons (Fsp3) is 0.385. The Morgan fingerprint density at radius 1 is 1.15 bits per heavy atom. The second-order valence-electron chi connectivity index (χ2n) is 8.22. The van der Waals surface area contributed by atoms with E-state index in [1.165, 1.54) is 18.4 Å². The van der Waals surface area contributed by atoms with Gasteiger partial charge >= 0.3 is 0 Å². The highest BCUT2D eigenvalue weighted by molar-refractivity contribution is 8.03. The van der Waals surface area contributed by atoms with Crippen LogP contribution in [-0.4, -0.2) is 37.6 Å². The Labute approximate surface area is 199 Å². The van der Waals surface area contributed by atoms with E-state index >= 15 is 0 Å². The second kappa shape index (κ2) is 10.2. The molecule has 33 heavy (non-hydrogen) atoms. The maximum absolute atomic E-state index is 13.2. The third-order valence-corrected chi connectivity index (χ3v) is 7.38. The van der Waals surface area contributed by atoms with Crippen molar-refractivity contribution in [3.63, 3.8) is 0 Å². The number of nitriles is 1. The average molecular weight is 464 g/mol. The highest BCUT2D eigenvalue weighted by Gasteiger charge is 2.39. The molecule has 0 spiro atoms. The smallest absolute Gasteiger partial charge is 0.229 e. The summed E-state index contributed by atoms with van der Waals surface area (Å²) in [5.74, 6) is 1.51. The van der Waals surface area contributed by atoms with E-state index in [9.17, 15) is 10.1 Å². The maximum Gasteiger partial charge on any atom is 0.229 e. The summed E-state index contributed by atoms with van der Waals surface area (Å²) in [6.07, 6.45) is 3.68. The molecule has 7 heteroatoms. The molecule has 0 radical (unpaired) electrons. The van der Waals surface area contributed by atoms with Crippen LogP contribution < -0.4 is 14.4 Å². The normalized spacial score (nSPS) is 18.1. The molecular weight excluding hydrogens is 434 g/mol. The van der Waals surface area contributed by atoms with E-state index in [0.717, 1.165) is 22.7 Å². The van der Waals surface area contributed by atoms with E-state index in [1.807, 2.05) is 18.2 Å². The fourth-order valence-electron chi connectivity index (χ4n) is 4.43. The zero-order valence-electron chi connectivity index (χ0n) is 19.3. The van der Waals surface area contributed by atoms with Gasteiger partial charge in [-0.15, -0.1) is 0 Å². The molecule has 1 amide bonds. The number of nitrogens with zero attached hydrogens (tertiary/aromatic N) is 3. The lowest BCUT2D eigenvalue weighted by atomic mass is 9.85. The predicted octanol–water partition coefficient (Wildman–Crippen LogP) is 5.27. The minimum atomic E-state index is -0.351. The molecule has 172 valence electrons. The molecule has 6 nitrogen and oxygen atoms in total. The van der Waals surface area contributed by atoms with Crippen LogP contribution in [0.4, 0.5) is 5.69 Å². The van der Waals surface area contributed by atoms with Crippen LogP contribution in [0.5, 0.6) is 11.5 Å². The van der Waals surface area contributed by atoms with Crippen LogP contribution in [-0.2, 0) is 11.2 Å². The number of fused-ring (bicyclic) bond motifs is 1. The van der Waals surface area contributed by atoms with Gasteiger partial charge in [-0.2, -0.15) is 5.26 Å². The molecule has 0 saturated carbocycles. The second-order valence-corrected chi connectivity index (χ2v) is 9.15. The Balaban J connectivity index is 1.61. The van der Waals surface area contributed by atoms with Crippen LogP contribution in [0.2, 0.25) is 0 Å². The lowest BCUT2D eigenvalue weighted by Gasteiger charge is -2.42. The number of thioether (sulfide) groups is 1. The molecular formula is C26H29N3O3S. The minimum Gasteiger partial charge on any atom is -0.493 e. The molecule has 0 unspecified atom stereocenters. The summed E-state index contributed by atoms with van der Waals surface area (Å²) in [5.41, 5.74) is 3.84. The fourth-order valence-corrected chi connectivity index (χ4v) is 5.60. The summed E-state index contributed by atoms with van der Waals surface area (Å²) in [6.45, 7) is 2.65. The number of carbonyl (C=O) groups excluding carboxylic acids is 1. The van der Waals surface area contributed by atoms with Crippen molar-refractivity contribution in [1.82, 2.24) is 4.90 Å². The Hall–Kier alpha value is -3.11. The first-order valence-electron chi connectivity index (χ1n) is 11.2. The van der Waals surface area contributed by atoms with Crippen LogP contribution in [0.3, 0.4) is 0 Å².